The Morgan fingerprint density at radius 1 is 0.929 bits per heavy atom. The molecule has 0 bridgehead atoms. The predicted molar refractivity (Wildman–Crippen MR) is 112 cm³/mol. The third kappa shape index (κ3) is 3.35. The molecular formula is C24H26N2O2. The van der Waals surface area contributed by atoms with Crippen LogP contribution in [0.2, 0.25) is 0 Å². The fraction of sp³-hybridized carbons (Fsp3) is 0.333. The van der Waals surface area contributed by atoms with Crippen LogP contribution in [0, 0.1) is 0 Å². The first-order valence-corrected chi connectivity index (χ1v) is 10.1. The van der Waals surface area contributed by atoms with Gasteiger partial charge in [-0.15, -0.1) is 0 Å². The van der Waals surface area contributed by atoms with Crippen LogP contribution in [0.3, 0.4) is 0 Å². The van der Waals surface area contributed by atoms with Crippen molar-refractivity contribution in [1.29, 1.82) is 0 Å². The Balaban J connectivity index is 1.71. The molecule has 1 amide bonds. The van der Waals surface area contributed by atoms with Gasteiger partial charge in [0.25, 0.3) is 11.7 Å². The Bertz CT molecular complexity index is 1020. The van der Waals surface area contributed by atoms with E-state index in [0.717, 1.165) is 47.7 Å². The van der Waals surface area contributed by atoms with E-state index in [0.29, 0.717) is 18.7 Å². The van der Waals surface area contributed by atoms with Crippen LogP contribution in [0.5, 0.6) is 0 Å². The van der Waals surface area contributed by atoms with E-state index in [2.05, 4.69) is 37.3 Å². The molecule has 28 heavy (non-hydrogen) atoms. The summed E-state index contributed by atoms with van der Waals surface area (Å²) in [4.78, 5) is 27.4. The number of benzene rings is 2. The summed E-state index contributed by atoms with van der Waals surface area (Å²) in [5.74, 6) is -0.768. The number of amides is 1. The maximum Gasteiger partial charge on any atom is 0.295 e. The number of aryl methyl sites for hydroxylation is 2. The number of Topliss-reactive ketones (excluding diaryl/α,β-unsaturated/α-hetero) is 1. The smallest absolute Gasteiger partial charge is 0.295 e. The van der Waals surface area contributed by atoms with E-state index in [9.17, 15) is 9.59 Å². The fourth-order valence-electron chi connectivity index (χ4n) is 4.04. The molecule has 4 rings (SSSR count). The average molecular weight is 374 g/mol. The van der Waals surface area contributed by atoms with Crippen LogP contribution in [0.1, 0.15) is 42.1 Å². The average Bonchev–Trinajstić information content (AvgIpc) is 3.09. The number of piperidine rings is 1. The summed E-state index contributed by atoms with van der Waals surface area (Å²) in [7, 11) is 1.92. The Morgan fingerprint density at radius 2 is 1.61 bits per heavy atom. The molecule has 0 radical (unpaired) electrons. The zero-order valence-corrected chi connectivity index (χ0v) is 16.6. The van der Waals surface area contributed by atoms with Crippen molar-refractivity contribution < 1.29 is 9.59 Å². The zero-order valence-electron chi connectivity index (χ0n) is 16.6. The van der Waals surface area contributed by atoms with Crippen LogP contribution in [0.4, 0.5) is 0 Å². The summed E-state index contributed by atoms with van der Waals surface area (Å²) in [6.45, 7) is 3.51. The first-order chi connectivity index (χ1) is 13.6. The third-order valence-electron chi connectivity index (χ3n) is 5.77. The number of ketones is 1. The Hall–Kier alpha value is -2.88. The van der Waals surface area contributed by atoms with Gasteiger partial charge in [0, 0.05) is 37.2 Å². The molecule has 1 saturated heterocycles. The topological polar surface area (TPSA) is 42.3 Å². The molecule has 0 aliphatic carbocycles. The van der Waals surface area contributed by atoms with Gasteiger partial charge in [0.15, 0.2) is 0 Å². The van der Waals surface area contributed by atoms with Gasteiger partial charge < -0.3 is 9.47 Å². The van der Waals surface area contributed by atoms with Crippen molar-refractivity contribution in [3.8, 4) is 11.1 Å². The number of nitrogens with zero attached hydrogens (tertiary/aromatic N) is 2. The third-order valence-corrected chi connectivity index (χ3v) is 5.77. The van der Waals surface area contributed by atoms with E-state index in [4.69, 9.17) is 0 Å². The van der Waals surface area contributed by atoms with Gasteiger partial charge in [-0.05, 0) is 54.5 Å². The van der Waals surface area contributed by atoms with Crippen LogP contribution >= 0.6 is 0 Å². The molecule has 0 atom stereocenters. The lowest BCUT2D eigenvalue weighted by Gasteiger charge is -2.25. The highest BCUT2D eigenvalue weighted by Gasteiger charge is 2.27. The van der Waals surface area contributed by atoms with E-state index in [-0.39, 0.29) is 5.91 Å². The van der Waals surface area contributed by atoms with Crippen LogP contribution in [0.25, 0.3) is 22.0 Å². The van der Waals surface area contributed by atoms with Crippen molar-refractivity contribution in [2.45, 2.75) is 32.6 Å². The summed E-state index contributed by atoms with van der Waals surface area (Å²) in [5.41, 5.74) is 4.93. The van der Waals surface area contributed by atoms with E-state index in [1.165, 1.54) is 5.56 Å². The second kappa shape index (κ2) is 7.63. The molecule has 0 saturated carbocycles. The highest BCUT2D eigenvalue weighted by atomic mass is 16.2. The Kier molecular flexibility index (Phi) is 5.03. The second-order valence-electron chi connectivity index (χ2n) is 7.62. The number of rotatable bonds is 4. The number of hydrogen-bond donors (Lipinski definition) is 0. The number of fused-ring (bicyclic) bond motifs is 1. The van der Waals surface area contributed by atoms with E-state index in [1.54, 1.807) is 11.1 Å². The molecule has 3 aromatic rings. The highest BCUT2D eigenvalue weighted by Crippen LogP contribution is 2.29. The molecular weight excluding hydrogens is 348 g/mol. The van der Waals surface area contributed by atoms with E-state index in [1.807, 2.05) is 23.7 Å². The van der Waals surface area contributed by atoms with Crippen molar-refractivity contribution in [3.63, 3.8) is 0 Å². The molecule has 4 heteroatoms. The number of likely N-dealkylation sites (tertiary alicyclic amines) is 1. The van der Waals surface area contributed by atoms with E-state index < -0.39 is 5.78 Å². The molecule has 0 unspecified atom stereocenters. The Labute approximate surface area is 165 Å². The number of hydrogen-bond acceptors (Lipinski definition) is 2. The molecule has 1 aromatic heterocycles. The van der Waals surface area contributed by atoms with Crippen LogP contribution in [-0.2, 0) is 18.3 Å². The maximum absolute atomic E-state index is 13.0. The summed E-state index contributed by atoms with van der Waals surface area (Å²) >= 11 is 0. The van der Waals surface area contributed by atoms with Crippen LogP contribution in [0.15, 0.2) is 48.7 Å². The summed E-state index contributed by atoms with van der Waals surface area (Å²) in [6.07, 6.45) is 5.89. The normalized spacial score (nSPS) is 14.4. The minimum atomic E-state index is -0.397. The zero-order chi connectivity index (χ0) is 19.7. The molecule has 0 spiro atoms. The van der Waals surface area contributed by atoms with Gasteiger partial charge in [0.05, 0.1) is 5.56 Å². The molecule has 2 heterocycles. The molecule has 1 aliphatic heterocycles. The molecule has 0 N–H and O–H groups in total. The first kappa shape index (κ1) is 18.5. The van der Waals surface area contributed by atoms with Gasteiger partial charge in [-0.3, -0.25) is 9.59 Å². The van der Waals surface area contributed by atoms with Crippen molar-refractivity contribution in [2.24, 2.45) is 7.05 Å². The van der Waals surface area contributed by atoms with Gasteiger partial charge in [-0.1, -0.05) is 37.3 Å². The SMILES string of the molecule is CCc1ccc(-c2ccc3c(c2)c(C(=O)C(=O)N2CCCCC2)cn3C)cc1. The Morgan fingerprint density at radius 3 is 2.29 bits per heavy atom. The largest absolute Gasteiger partial charge is 0.350 e. The lowest BCUT2D eigenvalue weighted by atomic mass is 9.99. The molecule has 2 aromatic carbocycles. The maximum atomic E-state index is 13.0. The van der Waals surface area contributed by atoms with E-state index >= 15 is 0 Å². The quantitative estimate of drug-likeness (QED) is 0.495. The lowest BCUT2D eigenvalue weighted by Crippen LogP contribution is -2.40. The molecule has 144 valence electrons. The minimum Gasteiger partial charge on any atom is -0.350 e. The van der Waals surface area contributed by atoms with Gasteiger partial charge >= 0.3 is 0 Å². The van der Waals surface area contributed by atoms with Crippen LogP contribution in [-0.4, -0.2) is 34.2 Å². The molecule has 1 fully saturated rings. The van der Waals surface area contributed by atoms with Gasteiger partial charge in [0.1, 0.15) is 0 Å². The highest BCUT2D eigenvalue weighted by molar-refractivity contribution is 6.45. The second-order valence-corrected chi connectivity index (χ2v) is 7.62. The number of aromatic nitrogens is 1. The summed E-state index contributed by atoms with van der Waals surface area (Å²) < 4.78 is 1.93. The van der Waals surface area contributed by atoms with Gasteiger partial charge in [0.2, 0.25) is 0 Å². The summed E-state index contributed by atoms with van der Waals surface area (Å²) in [6, 6.07) is 14.6. The standard InChI is InChI=1S/C24H26N2O2/c1-3-17-7-9-18(10-8-17)19-11-12-22-20(15-19)21(16-25(22)2)23(27)24(28)26-13-5-4-6-14-26/h7-12,15-16H,3-6,13-14H2,1-2H3. The van der Waals surface area contributed by atoms with Gasteiger partial charge in [-0.25, -0.2) is 0 Å². The van der Waals surface area contributed by atoms with Crippen molar-refractivity contribution in [2.75, 3.05) is 13.1 Å². The fourth-order valence-corrected chi connectivity index (χ4v) is 4.04. The first-order valence-electron chi connectivity index (χ1n) is 10.1. The molecule has 4 nitrogen and oxygen atoms in total. The van der Waals surface area contributed by atoms with Crippen molar-refractivity contribution >= 4 is 22.6 Å². The van der Waals surface area contributed by atoms with Gasteiger partial charge in [-0.2, -0.15) is 0 Å². The molecule has 1 aliphatic rings. The van der Waals surface area contributed by atoms with Crippen molar-refractivity contribution in [3.05, 3.63) is 59.8 Å². The summed E-state index contributed by atoms with van der Waals surface area (Å²) in [5, 5.41) is 0.843. The number of carbonyl (C=O) groups is 2. The predicted octanol–water partition coefficient (Wildman–Crippen LogP) is 4.60. The number of carbonyl (C=O) groups excluding carboxylic acids is 2. The van der Waals surface area contributed by atoms with Crippen molar-refractivity contribution in [1.82, 2.24) is 9.47 Å². The monoisotopic (exact) mass is 374 g/mol. The lowest BCUT2D eigenvalue weighted by molar-refractivity contribution is -0.127. The van der Waals surface area contributed by atoms with Crippen LogP contribution < -0.4 is 0 Å². The minimum absolute atomic E-state index is 0.370.